The van der Waals surface area contributed by atoms with Gasteiger partial charge in [0.15, 0.2) is 0 Å². The maximum absolute atomic E-state index is 13.6. The molecule has 0 bridgehead atoms. The second-order valence-corrected chi connectivity index (χ2v) is 4.71. The van der Waals surface area contributed by atoms with Gasteiger partial charge in [0.05, 0.1) is 6.61 Å². The summed E-state index contributed by atoms with van der Waals surface area (Å²) in [5, 5.41) is 3.83. The highest BCUT2D eigenvalue weighted by atomic mass is 19.4. The molecule has 1 aromatic rings. The van der Waals surface area contributed by atoms with Crippen molar-refractivity contribution in [1.82, 2.24) is 10.6 Å². The van der Waals surface area contributed by atoms with Crippen LogP contribution in [-0.2, 0) is 20.9 Å². The Morgan fingerprint density at radius 3 is 2.22 bits per heavy atom. The Morgan fingerprint density at radius 2 is 1.74 bits per heavy atom. The molecule has 0 aliphatic heterocycles. The van der Waals surface area contributed by atoms with Gasteiger partial charge in [0, 0.05) is 13.0 Å². The molecule has 0 saturated carbocycles. The van der Waals surface area contributed by atoms with Gasteiger partial charge in [-0.2, -0.15) is 13.2 Å². The molecule has 1 amide bonds. The molecule has 0 aliphatic rings. The molecule has 0 heterocycles. The second kappa shape index (κ2) is 7.96. The van der Waals surface area contributed by atoms with Gasteiger partial charge in [0.25, 0.3) is 5.66 Å². The summed E-state index contributed by atoms with van der Waals surface area (Å²) in [6.45, 7) is 2.26. The van der Waals surface area contributed by atoms with Crippen molar-refractivity contribution in [3.8, 4) is 0 Å². The van der Waals surface area contributed by atoms with Crippen molar-refractivity contribution in [3.05, 3.63) is 35.9 Å². The molecule has 128 valence electrons. The number of nitrogens with one attached hydrogen (secondary N) is 2. The van der Waals surface area contributed by atoms with E-state index in [4.69, 9.17) is 0 Å². The lowest BCUT2D eigenvalue weighted by molar-refractivity contribution is -0.222. The SMILES string of the molecule is CCOC(=O)[C@](NCc1ccccc1)(NC(=O)CC)C(F)(F)F. The minimum absolute atomic E-state index is 0.204. The first-order chi connectivity index (χ1) is 10.8. The van der Waals surface area contributed by atoms with Crippen molar-refractivity contribution in [3.63, 3.8) is 0 Å². The standard InChI is InChI=1S/C15H19F3N2O3/c1-3-12(21)20-14(15(16,17)18,13(22)23-4-2)19-10-11-8-6-5-7-9-11/h5-9,19H,3-4,10H2,1-2H3,(H,20,21)/t14-/m0/s1. The lowest BCUT2D eigenvalue weighted by Gasteiger charge is -2.34. The average molecular weight is 332 g/mol. The van der Waals surface area contributed by atoms with Gasteiger partial charge in [0.2, 0.25) is 5.91 Å². The fourth-order valence-corrected chi connectivity index (χ4v) is 1.82. The van der Waals surface area contributed by atoms with Crippen molar-refractivity contribution in [2.24, 2.45) is 0 Å². The van der Waals surface area contributed by atoms with E-state index in [1.165, 1.54) is 13.8 Å². The topological polar surface area (TPSA) is 67.4 Å². The summed E-state index contributed by atoms with van der Waals surface area (Å²) in [6.07, 6.45) is -5.27. The molecule has 1 atom stereocenters. The predicted molar refractivity (Wildman–Crippen MR) is 77.1 cm³/mol. The van der Waals surface area contributed by atoms with E-state index in [-0.39, 0.29) is 19.6 Å². The number of carbonyl (C=O) groups is 2. The number of hydrogen-bond acceptors (Lipinski definition) is 4. The highest BCUT2D eigenvalue weighted by Crippen LogP contribution is 2.30. The van der Waals surface area contributed by atoms with Crippen LogP contribution in [0, 0.1) is 0 Å². The monoisotopic (exact) mass is 332 g/mol. The zero-order valence-corrected chi connectivity index (χ0v) is 12.9. The Kier molecular flexibility index (Phi) is 6.56. The minimum Gasteiger partial charge on any atom is -0.463 e. The number of alkyl halides is 3. The van der Waals surface area contributed by atoms with Gasteiger partial charge in [-0.1, -0.05) is 37.3 Å². The number of halogens is 3. The van der Waals surface area contributed by atoms with Crippen LogP contribution in [0.4, 0.5) is 13.2 Å². The number of hydrogen-bond donors (Lipinski definition) is 2. The van der Waals surface area contributed by atoms with Crippen LogP contribution >= 0.6 is 0 Å². The molecule has 0 aliphatic carbocycles. The third-order valence-corrected chi connectivity index (χ3v) is 3.06. The molecule has 0 fully saturated rings. The van der Waals surface area contributed by atoms with Crippen molar-refractivity contribution in [1.29, 1.82) is 0 Å². The molecule has 2 N–H and O–H groups in total. The second-order valence-electron chi connectivity index (χ2n) is 4.71. The average Bonchev–Trinajstić information content (AvgIpc) is 2.51. The fourth-order valence-electron chi connectivity index (χ4n) is 1.82. The quantitative estimate of drug-likeness (QED) is 0.593. The maximum atomic E-state index is 13.6. The highest BCUT2D eigenvalue weighted by molar-refractivity contribution is 5.88. The van der Waals surface area contributed by atoms with Gasteiger partial charge < -0.3 is 10.1 Å². The van der Waals surface area contributed by atoms with Crippen LogP contribution < -0.4 is 10.6 Å². The first-order valence-corrected chi connectivity index (χ1v) is 7.10. The molecule has 1 aromatic carbocycles. The van der Waals surface area contributed by atoms with Crippen molar-refractivity contribution in [2.75, 3.05) is 6.61 Å². The molecule has 0 radical (unpaired) electrons. The van der Waals surface area contributed by atoms with E-state index in [2.05, 4.69) is 10.1 Å². The van der Waals surface area contributed by atoms with Gasteiger partial charge >= 0.3 is 12.1 Å². The minimum atomic E-state index is -5.07. The number of benzene rings is 1. The molecule has 1 rings (SSSR count). The van der Waals surface area contributed by atoms with Crippen LogP contribution in [0.5, 0.6) is 0 Å². The molecule has 5 nitrogen and oxygen atoms in total. The molecule has 0 unspecified atom stereocenters. The van der Waals surface area contributed by atoms with Gasteiger partial charge in [-0.25, -0.2) is 4.79 Å². The smallest absolute Gasteiger partial charge is 0.436 e. The third-order valence-electron chi connectivity index (χ3n) is 3.06. The molecule has 8 heteroatoms. The largest absolute Gasteiger partial charge is 0.463 e. The van der Waals surface area contributed by atoms with E-state index in [1.807, 2.05) is 0 Å². The molecule has 0 saturated heterocycles. The van der Waals surface area contributed by atoms with Crippen LogP contribution in [0.1, 0.15) is 25.8 Å². The lowest BCUT2D eigenvalue weighted by atomic mass is 10.1. The Morgan fingerprint density at radius 1 is 1.13 bits per heavy atom. The first kappa shape index (κ1) is 19.0. The Balaban J connectivity index is 3.14. The zero-order valence-electron chi connectivity index (χ0n) is 12.9. The summed E-state index contributed by atoms with van der Waals surface area (Å²) in [5.74, 6) is -2.51. The highest BCUT2D eigenvalue weighted by Gasteiger charge is 2.62. The number of esters is 1. The molecular formula is C15H19F3N2O3. The number of ether oxygens (including phenoxy) is 1. The van der Waals surface area contributed by atoms with Crippen molar-refractivity contribution in [2.45, 2.75) is 38.7 Å². The number of carbonyl (C=O) groups excluding carboxylic acids is 2. The molecule has 0 aromatic heterocycles. The maximum Gasteiger partial charge on any atom is 0.436 e. The van der Waals surface area contributed by atoms with E-state index >= 15 is 0 Å². The van der Waals surface area contributed by atoms with Crippen LogP contribution in [0.3, 0.4) is 0 Å². The van der Waals surface area contributed by atoms with Crippen LogP contribution in [0.25, 0.3) is 0 Å². The van der Waals surface area contributed by atoms with Crippen molar-refractivity contribution < 1.29 is 27.5 Å². The summed E-state index contributed by atoms with van der Waals surface area (Å²) in [7, 11) is 0. The van der Waals surface area contributed by atoms with E-state index in [9.17, 15) is 22.8 Å². The van der Waals surface area contributed by atoms with Crippen LogP contribution in [-0.4, -0.2) is 30.3 Å². The van der Waals surface area contributed by atoms with Gasteiger partial charge in [-0.15, -0.1) is 0 Å². The summed E-state index contributed by atoms with van der Waals surface area (Å²) < 4.78 is 45.2. The summed E-state index contributed by atoms with van der Waals surface area (Å²) in [6, 6.07) is 8.22. The Bertz CT molecular complexity index is 535. The van der Waals surface area contributed by atoms with E-state index in [0.717, 1.165) is 0 Å². The van der Waals surface area contributed by atoms with Gasteiger partial charge in [-0.3, -0.25) is 10.1 Å². The van der Waals surface area contributed by atoms with E-state index < -0.39 is 23.7 Å². The van der Waals surface area contributed by atoms with E-state index in [0.29, 0.717) is 5.56 Å². The first-order valence-electron chi connectivity index (χ1n) is 7.10. The number of rotatable bonds is 7. The summed E-state index contributed by atoms with van der Waals surface area (Å²) >= 11 is 0. The van der Waals surface area contributed by atoms with Crippen molar-refractivity contribution >= 4 is 11.9 Å². The normalized spacial score (nSPS) is 14.0. The predicted octanol–water partition coefficient (Wildman–Crippen LogP) is 2.12. The van der Waals surface area contributed by atoms with Crippen LogP contribution in [0.15, 0.2) is 30.3 Å². The van der Waals surface area contributed by atoms with Crippen LogP contribution in [0.2, 0.25) is 0 Å². The molecule has 0 spiro atoms. The van der Waals surface area contributed by atoms with Gasteiger partial charge in [-0.05, 0) is 12.5 Å². The van der Waals surface area contributed by atoms with Gasteiger partial charge in [0.1, 0.15) is 0 Å². The zero-order chi connectivity index (χ0) is 17.5. The third kappa shape index (κ3) is 4.69. The fraction of sp³-hybridized carbons (Fsp3) is 0.467. The summed E-state index contributed by atoms with van der Waals surface area (Å²) in [4.78, 5) is 23.5. The Labute approximate surface area is 132 Å². The molecule has 23 heavy (non-hydrogen) atoms. The number of amides is 1. The lowest BCUT2D eigenvalue weighted by Crippen LogP contribution is -2.72. The Hall–Kier alpha value is -2.09. The summed E-state index contributed by atoms with van der Waals surface area (Å²) in [5.41, 5.74) is -2.76. The molecular weight excluding hydrogens is 313 g/mol. The van der Waals surface area contributed by atoms with E-state index in [1.54, 1.807) is 35.6 Å².